The van der Waals surface area contributed by atoms with Crippen LogP contribution < -0.4 is 26.2 Å². The van der Waals surface area contributed by atoms with Crippen LogP contribution in [0.1, 0.15) is 16.7 Å². The minimum Gasteiger partial charge on any atom is -0.385 e. The zero-order valence-electron chi connectivity index (χ0n) is 29.4. The molecule has 0 fully saturated rings. The number of rotatable bonds is 3. The van der Waals surface area contributed by atoms with E-state index in [9.17, 15) is 0 Å². The van der Waals surface area contributed by atoms with E-state index in [4.69, 9.17) is 0 Å². The Hall–Kier alpha value is -5.29. The molecule has 4 heterocycles. The smallest absolute Gasteiger partial charge is 0.233 e. The topological polar surface area (TPSA) is 32.3 Å². The minimum atomic E-state index is 0. The number of pyridine rings is 2. The fraction of sp³-hybridized carbons (Fsp3) is 0.111. The van der Waals surface area contributed by atoms with E-state index in [1.807, 2.05) is 36.7 Å². The van der Waals surface area contributed by atoms with Crippen LogP contribution in [0.3, 0.4) is 0 Å². The van der Waals surface area contributed by atoms with E-state index >= 15 is 0 Å². The number of aryl methyl sites for hydroxylation is 3. The van der Waals surface area contributed by atoms with E-state index < -0.39 is 0 Å². The Kier molecular flexibility index (Phi) is 9.48. The van der Waals surface area contributed by atoms with E-state index in [0.717, 1.165) is 22.5 Å². The van der Waals surface area contributed by atoms with Crippen LogP contribution >= 0.6 is 0 Å². The van der Waals surface area contributed by atoms with Gasteiger partial charge in [0, 0.05) is 63.7 Å². The first kappa shape index (κ1) is 34.2. The first-order valence-corrected chi connectivity index (χ1v) is 17.1. The molecule has 6 heteroatoms. The summed E-state index contributed by atoms with van der Waals surface area (Å²) >= 11 is 0. The Balaban J connectivity index is 0.000000165. The molecule has 0 spiro atoms. The van der Waals surface area contributed by atoms with Crippen molar-refractivity contribution in [3.8, 4) is 33.6 Å². The Bertz CT molecular complexity index is 2360. The second-order valence-corrected chi connectivity index (χ2v) is 13.2. The molecule has 7 aromatic rings. The normalized spacial score (nSPS) is 12.1. The van der Waals surface area contributed by atoms with Crippen molar-refractivity contribution in [3.63, 3.8) is 0 Å². The third-order valence-electron chi connectivity index (χ3n) is 10.1. The van der Waals surface area contributed by atoms with Gasteiger partial charge in [-0.05, 0) is 77.2 Å². The summed E-state index contributed by atoms with van der Waals surface area (Å²) in [6.45, 7) is 6.53. The minimum absolute atomic E-state index is 0. The SMILES string of the molecule is CN1c2ccccc2B2c3cc[c-]c(-c4ccccn4)c3N(C)c3cccc1c32.Cc1cnc(-c2[c-]cc(C)c(-c3ccccc3)c2)cc1C.[Ir]. The molecule has 0 unspecified atom stereocenters. The maximum Gasteiger partial charge on any atom is 0.233 e. The molecular formula is C45H37BIrN4-2. The summed E-state index contributed by atoms with van der Waals surface area (Å²) in [5, 5.41) is 0. The molecular weight excluding hydrogens is 800 g/mol. The zero-order valence-corrected chi connectivity index (χ0v) is 31.8. The molecule has 2 aromatic heterocycles. The van der Waals surface area contributed by atoms with Crippen molar-refractivity contribution >= 4 is 45.9 Å². The van der Waals surface area contributed by atoms with Crippen molar-refractivity contribution in [1.82, 2.24) is 9.97 Å². The van der Waals surface area contributed by atoms with Gasteiger partial charge >= 0.3 is 0 Å². The summed E-state index contributed by atoms with van der Waals surface area (Å²) in [6.07, 6.45) is 3.78. The molecule has 0 amide bonds. The summed E-state index contributed by atoms with van der Waals surface area (Å²) in [4.78, 5) is 13.8. The Morgan fingerprint density at radius 1 is 0.608 bits per heavy atom. The second kappa shape index (κ2) is 14.1. The zero-order chi connectivity index (χ0) is 34.4. The first-order valence-electron chi connectivity index (χ1n) is 17.1. The van der Waals surface area contributed by atoms with Crippen molar-refractivity contribution in [2.24, 2.45) is 0 Å². The molecule has 2 aliphatic heterocycles. The number of hydrogen-bond donors (Lipinski definition) is 0. The van der Waals surface area contributed by atoms with Gasteiger partial charge in [0.05, 0.1) is 0 Å². The fourth-order valence-electron chi connectivity index (χ4n) is 7.41. The molecule has 0 saturated heterocycles. The molecule has 0 aliphatic carbocycles. The van der Waals surface area contributed by atoms with Gasteiger partial charge in [-0.3, -0.25) is 0 Å². The number of fused-ring (bicyclic) bond motifs is 4. The van der Waals surface area contributed by atoms with Crippen molar-refractivity contribution < 1.29 is 20.1 Å². The van der Waals surface area contributed by atoms with Crippen LogP contribution in [0.5, 0.6) is 0 Å². The number of aromatic nitrogens is 2. The number of hydrogen-bond acceptors (Lipinski definition) is 4. The third kappa shape index (κ3) is 6.09. The number of anilines is 4. The molecule has 1 radical (unpaired) electrons. The van der Waals surface area contributed by atoms with Gasteiger partial charge in [0.2, 0.25) is 6.71 Å². The third-order valence-corrected chi connectivity index (χ3v) is 10.1. The molecule has 51 heavy (non-hydrogen) atoms. The average Bonchev–Trinajstić information content (AvgIpc) is 3.16. The maximum absolute atomic E-state index is 4.62. The Morgan fingerprint density at radius 3 is 2.10 bits per heavy atom. The Labute approximate surface area is 315 Å². The quantitative estimate of drug-likeness (QED) is 0.132. The van der Waals surface area contributed by atoms with Gasteiger partial charge in [0.15, 0.2) is 0 Å². The van der Waals surface area contributed by atoms with E-state index in [-0.39, 0.29) is 26.8 Å². The predicted octanol–water partition coefficient (Wildman–Crippen LogP) is 8.37. The van der Waals surface area contributed by atoms with Crippen LogP contribution in [0.25, 0.3) is 33.6 Å². The Morgan fingerprint density at radius 2 is 1.33 bits per heavy atom. The van der Waals surface area contributed by atoms with Gasteiger partial charge in [-0.25, -0.2) is 0 Å². The van der Waals surface area contributed by atoms with E-state index in [2.05, 4.69) is 164 Å². The van der Waals surface area contributed by atoms with Crippen molar-refractivity contribution in [3.05, 3.63) is 163 Å². The van der Waals surface area contributed by atoms with E-state index in [0.29, 0.717) is 0 Å². The van der Waals surface area contributed by atoms with Crippen molar-refractivity contribution in [2.75, 3.05) is 23.9 Å². The van der Waals surface area contributed by atoms with Crippen molar-refractivity contribution in [1.29, 1.82) is 0 Å². The molecule has 4 nitrogen and oxygen atoms in total. The largest absolute Gasteiger partial charge is 0.385 e. The standard InChI is InChI=1S/C25H19BN3.C20H18N.Ir/c1-28-21-13-4-3-10-18(21)26-19-11-7-9-17(20-12-5-6-16-27-20)25(19)29(2)23-15-8-14-22(28)24(23)26;1-14-9-10-18(20-11-15(2)16(3)13-21-20)12-19(14)17-7-5-4-6-8-17;/h3-8,10-16H,1-2H3;4-9,11-13H,1-3H3;/q2*-1;. The number of para-hydroxylation sites is 1. The van der Waals surface area contributed by atoms with Gasteiger partial charge in [-0.15, -0.1) is 58.6 Å². The van der Waals surface area contributed by atoms with E-state index in [1.165, 1.54) is 67.0 Å². The predicted molar refractivity (Wildman–Crippen MR) is 210 cm³/mol. The second-order valence-electron chi connectivity index (χ2n) is 13.2. The van der Waals surface area contributed by atoms with Gasteiger partial charge < -0.3 is 19.8 Å². The number of benzene rings is 5. The van der Waals surface area contributed by atoms with Crippen LogP contribution in [-0.2, 0) is 20.1 Å². The van der Waals surface area contributed by atoms with Gasteiger partial charge in [0.1, 0.15) is 0 Å². The molecule has 0 saturated carbocycles. The average molecular weight is 837 g/mol. The summed E-state index contributed by atoms with van der Waals surface area (Å²) in [5.41, 5.74) is 19.2. The first-order chi connectivity index (χ1) is 24.4. The fourth-order valence-corrected chi connectivity index (χ4v) is 7.41. The van der Waals surface area contributed by atoms with Crippen LogP contribution in [0, 0.1) is 32.9 Å². The van der Waals surface area contributed by atoms with Gasteiger partial charge in [-0.1, -0.05) is 90.8 Å². The van der Waals surface area contributed by atoms with Crippen LogP contribution in [-0.4, -0.2) is 30.8 Å². The van der Waals surface area contributed by atoms with Crippen molar-refractivity contribution in [2.45, 2.75) is 20.8 Å². The summed E-state index contributed by atoms with van der Waals surface area (Å²) < 4.78 is 0. The summed E-state index contributed by atoms with van der Waals surface area (Å²) in [6, 6.07) is 49.3. The maximum atomic E-state index is 4.62. The molecule has 5 aromatic carbocycles. The molecule has 0 N–H and O–H groups in total. The monoisotopic (exact) mass is 837 g/mol. The molecule has 251 valence electrons. The van der Waals surface area contributed by atoms with Gasteiger partial charge in [0.25, 0.3) is 0 Å². The molecule has 2 aliphatic rings. The molecule has 0 bridgehead atoms. The van der Waals surface area contributed by atoms with E-state index in [1.54, 1.807) is 0 Å². The summed E-state index contributed by atoms with van der Waals surface area (Å²) in [7, 11) is 4.32. The van der Waals surface area contributed by atoms with Gasteiger partial charge in [-0.2, -0.15) is 0 Å². The molecule has 9 rings (SSSR count). The summed E-state index contributed by atoms with van der Waals surface area (Å²) in [5.74, 6) is 0. The number of nitrogens with zero attached hydrogens (tertiary/aromatic N) is 4. The van der Waals surface area contributed by atoms with Crippen LogP contribution in [0.4, 0.5) is 22.7 Å². The van der Waals surface area contributed by atoms with Crippen LogP contribution in [0.2, 0.25) is 0 Å². The molecule has 0 atom stereocenters. The van der Waals surface area contributed by atoms with Crippen LogP contribution in [0.15, 0.2) is 134 Å².